The molecule has 1 unspecified atom stereocenters. The van der Waals surface area contributed by atoms with Gasteiger partial charge < -0.3 is 9.84 Å². The number of hydrogen-bond acceptors (Lipinski definition) is 2. The summed E-state index contributed by atoms with van der Waals surface area (Å²) in [5.41, 5.74) is 3.55. The Morgan fingerprint density at radius 3 is 2.47 bits per heavy atom. The largest absolute Gasteiger partial charge is 0.496 e. The lowest BCUT2D eigenvalue weighted by molar-refractivity contribution is 0.214. The standard InChI is InChI=1S/C16H17ClO2/c1-10-8-11(2)15(14(9-10)19-3)16(18)12-6-4-5-7-13(12)17/h4-9,16,18H,1-3H3. The van der Waals surface area contributed by atoms with Crippen LogP contribution in [-0.4, -0.2) is 12.2 Å². The maximum atomic E-state index is 10.6. The van der Waals surface area contributed by atoms with Gasteiger partial charge in [0, 0.05) is 16.1 Å². The molecule has 0 fully saturated rings. The third kappa shape index (κ3) is 2.75. The predicted octanol–water partition coefficient (Wildman–Crippen LogP) is 4.05. The molecule has 19 heavy (non-hydrogen) atoms. The summed E-state index contributed by atoms with van der Waals surface area (Å²) in [6, 6.07) is 11.3. The summed E-state index contributed by atoms with van der Waals surface area (Å²) < 4.78 is 5.39. The van der Waals surface area contributed by atoms with Crippen molar-refractivity contribution in [2.45, 2.75) is 20.0 Å². The highest BCUT2D eigenvalue weighted by atomic mass is 35.5. The second-order valence-electron chi connectivity index (χ2n) is 4.62. The van der Waals surface area contributed by atoms with Gasteiger partial charge in [-0.2, -0.15) is 0 Å². The van der Waals surface area contributed by atoms with Crippen molar-refractivity contribution in [1.82, 2.24) is 0 Å². The number of ether oxygens (including phenoxy) is 1. The zero-order chi connectivity index (χ0) is 14.0. The molecule has 0 aromatic heterocycles. The molecule has 2 aromatic rings. The van der Waals surface area contributed by atoms with E-state index in [-0.39, 0.29) is 0 Å². The van der Waals surface area contributed by atoms with Gasteiger partial charge >= 0.3 is 0 Å². The van der Waals surface area contributed by atoms with Gasteiger partial charge in [-0.05, 0) is 37.1 Å². The zero-order valence-electron chi connectivity index (χ0n) is 11.3. The van der Waals surface area contributed by atoms with Gasteiger partial charge in [-0.1, -0.05) is 35.9 Å². The van der Waals surface area contributed by atoms with E-state index >= 15 is 0 Å². The Bertz CT molecular complexity index is 593. The first kappa shape index (κ1) is 13.9. The number of benzene rings is 2. The summed E-state index contributed by atoms with van der Waals surface area (Å²) in [5, 5.41) is 11.1. The molecule has 0 aliphatic rings. The second kappa shape index (κ2) is 5.64. The van der Waals surface area contributed by atoms with E-state index in [0.29, 0.717) is 16.3 Å². The maximum absolute atomic E-state index is 10.6. The van der Waals surface area contributed by atoms with Gasteiger partial charge in [-0.3, -0.25) is 0 Å². The predicted molar refractivity (Wildman–Crippen MR) is 78.0 cm³/mol. The van der Waals surface area contributed by atoms with Crippen molar-refractivity contribution in [3.63, 3.8) is 0 Å². The molecule has 0 aliphatic heterocycles. The van der Waals surface area contributed by atoms with Crippen molar-refractivity contribution in [3.05, 3.63) is 63.7 Å². The number of aryl methyl sites for hydroxylation is 2. The van der Waals surface area contributed by atoms with E-state index < -0.39 is 6.10 Å². The molecule has 2 rings (SSSR count). The van der Waals surface area contributed by atoms with Crippen LogP contribution in [0, 0.1) is 13.8 Å². The minimum atomic E-state index is -0.788. The fraction of sp³-hybridized carbons (Fsp3) is 0.250. The summed E-state index contributed by atoms with van der Waals surface area (Å²) in [5.74, 6) is 0.685. The molecule has 0 saturated carbocycles. The van der Waals surface area contributed by atoms with Crippen molar-refractivity contribution >= 4 is 11.6 Å². The molecule has 1 N–H and O–H groups in total. The van der Waals surface area contributed by atoms with Crippen LogP contribution in [0.4, 0.5) is 0 Å². The monoisotopic (exact) mass is 276 g/mol. The summed E-state index contributed by atoms with van der Waals surface area (Å²) in [6.07, 6.45) is -0.788. The summed E-state index contributed by atoms with van der Waals surface area (Å²) in [6.45, 7) is 3.96. The molecule has 3 heteroatoms. The Balaban J connectivity index is 2.56. The molecule has 2 aromatic carbocycles. The Labute approximate surface area is 118 Å². The average Bonchev–Trinajstić information content (AvgIpc) is 2.37. The van der Waals surface area contributed by atoms with E-state index in [4.69, 9.17) is 16.3 Å². The Hall–Kier alpha value is -1.51. The molecule has 0 amide bonds. The Kier molecular flexibility index (Phi) is 4.13. The SMILES string of the molecule is COc1cc(C)cc(C)c1C(O)c1ccccc1Cl. The molecule has 0 radical (unpaired) electrons. The lowest BCUT2D eigenvalue weighted by Gasteiger charge is -2.19. The molecule has 0 heterocycles. The first-order valence-electron chi connectivity index (χ1n) is 6.12. The molecule has 100 valence electrons. The van der Waals surface area contributed by atoms with Crippen molar-refractivity contribution in [3.8, 4) is 5.75 Å². The van der Waals surface area contributed by atoms with Crippen LogP contribution in [0.15, 0.2) is 36.4 Å². The van der Waals surface area contributed by atoms with Crippen LogP contribution in [0.1, 0.15) is 28.4 Å². The third-order valence-corrected chi connectivity index (χ3v) is 3.53. The molecule has 0 saturated heterocycles. The van der Waals surface area contributed by atoms with E-state index in [1.165, 1.54) is 0 Å². The number of hydrogen-bond donors (Lipinski definition) is 1. The van der Waals surface area contributed by atoms with Gasteiger partial charge in [0.2, 0.25) is 0 Å². The van der Waals surface area contributed by atoms with Gasteiger partial charge in [-0.15, -0.1) is 0 Å². The number of aliphatic hydroxyl groups is 1. The van der Waals surface area contributed by atoms with E-state index in [0.717, 1.165) is 16.7 Å². The topological polar surface area (TPSA) is 29.5 Å². The first-order chi connectivity index (χ1) is 9.04. The van der Waals surface area contributed by atoms with Crippen LogP contribution >= 0.6 is 11.6 Å². The van der Waals surface area contributed by atoms with Gasteiger partial charge in [0.05, 0.1) is 7.11 Å². The third-order valence-electron chi connectivity index (χ3n) is 3.19. The number of halogens is 1. The van der Waals surface area contributed by atoms with E-state index in [1.807, 2.05) is 44.2 Å². The van der Waals surface area contributed by atoms with Crippen molar-refractivity contribution < 1.29 is 9.84 Å². The highest BCUT2D eigenvalue weighted by molar-refractivity contribution is 6.31. The minimum absolute atomic E-state index is 0.553. The van der Waals surface area contributed by atoms with Crippen molar-refractivity contribution in [2.75, 3.05) is 7.11 Å². The van der Waals surface area contributed by atoms with Gasteiger partial charge in [0.15, 0.2) is 0 Å². The minimum Gasteiger partial charge on any atom is -0.496 e. The molecule has 0 bridgehead atoms. The van der Waals surface area contributed by atoms with Gasteiger partial charge in [-0.25, -0.2) is 0 Å². The molecule has 0 spiro atoms. The molecular formula is C16H17ClO2. The van der Waals surface area contributed by atoms with Crippen LogP contribution in [0.5, 0.6) is 5.75 Å². The fourth-order valence-electron chi connectivity index (χ4n) is 2.31. The lowest BCUT2D eigenvalue weighted by Crippen LogP contribution is -2.06. The highest BCUT2D eigenvalue weighted by Crippen LogP contribution is 2.36. The van der Waals surface area contributed by atoms with Crippen molar-refractivity contribution in [1.29, 1.82) is 0 Å². The van der Waals surface area contributed by atoms with Crippen LogP contribution in [0.3, 0.4) is 0 Å². The van der Waals surface area contributed by atoms with Gasteiger partial charge in [0.1, 0.15) is 11.9 Å². The zero-order valence-corrected chi connectivity index (χ0v) is 12.0. The van der Waals surface area contributed by atoms with Gasteiger partial charge in [0.25, 0.3) is 0 Å². The number of aliphatic hydroxyl groups excluding tert-OH is 1. The van der Waals surface area contributed by atoms with Crippen LogP contribution in [0.2, 0.25) is 5.02 Å². The quantitative estimate of drug-likeness (QED) is 0.916. The smallest absolute Gasteiger partial charge is 0.125 e. The summed E-state index contributed by atoms with van der Waals surface area (Å²) in [4.78, 5) is 0. The van der Waals surface area contributed by atoms with Crippen LogP contribution < -0.4 is 4.74 Å². The first-order valence-corrected chi connectivity index (χ1v) is 6.50. The van der Waals surface area contributed by atoms with E-state index in [9.17, 15) is 5.11 Å². The second-order valence-corrected chi connectivity index (χ2v) is 5.03. The van der Waals surface area contributed by atoms with Crippen LogP contribution in [-0.2, 0) is 0 Å². The number of rotatable bonds is 3. The van der Waals surface area contributed by atoms with E-state index in [1.54, 1.807) is 13.2 Å². The normalized spacial score (nSPS) is 12.3. The highest BCUT2D eigenvalue weighted by Gasteiger charge is 2.20. The van der Waals surface area contributed by atoms with Crippen molar-refractivity contribution in [2.24, 2.45) is 0 Å². The molecular weight excluding hydrogens is 260 g/mol. The molecule has 1 atom stereocenters. The Morgan fingerprint density at radius 1 is 1.16 bits per heavy atom. The number of methoxy groups -OCH3 is 1. The molecule has 2 nitrogen and oxygen atoms in total. The van der Waals surface area contributed by atoms with E-state index in [2.05, 4.69) is 0 Å². The Morgan fingerprint density at radius 2 is 1.84 bits per heavy atom. The van der Waals surface area contributed by atoms with Crippen LogP contribution in [0.25, 0.3) is 0 Å². The molecule has 0 aliphatic carbocycles. The fourth-order valence-corrected chi connectivity index (χ4v) is 2.55. The maximum Gasteiger partial charge on any atom is 0.125 e. The average molecular weight is 277 g/mol. The summed E-state index contributed by atoms with van der Waals surface area (Å²) in [7, 11) is 1.61. The summed E-state index contributed by atoms with van der Waals surface area (Å²) >= 11 is 6.15. The lowest BCUT2D eigenvalue weighted by atomic mass is 9.95.